The van der Waals surface area contributed by atoms with Crippen molar-refractivity contribution in [2.75, 3.05) is 37.0 Å². The Morgan fingerprint density at radius 3 is 2.25 bits per heavy atom. The standard InChI is InChI=1S/C24H32BrN3O3S/c1-20-7-13-23(14-8-20)32(30,31)28(22-11-9-21(25)10-12-22)19-24(29)26-15-6-18-27-16-4-2-3-5-17-27/h7-14H,2-6,15-19H2,1H3,(H,26,29). The Hall–Kier alpha value is -1.90. The summed E-state index contributed by atoms with van der Waals surface area (Å²) in [7, 11) is -3.88. The molecule has 2 aromatic rings. The summed E-state index contributed by atoms with van der Waals surface area (Å²) in [4.78, 5) is 15.3. The number of rotatable bonds is 9. The highest BCUT2D eigenvalue weighted by molar-refractivity contribution is 9.10. The van der Waals surface area contributed by atoms with Crippen LogP contribution in [0.3, 0.4) is 0 Å². The smallest absolute Gasteiger partial charge is 0.264 e. The highest BCUT2D eigenvalue weighted by Crippen LogP contribution is 2.25. The van der Waals surface area contributed by atoms with Gasteiger partial charge in [-0.1, -0.05) is 46.5 Å². The van der Waals surface area contributed by atoms with Crippen molar-refractivity contribution in [3.8, 4) is 0 Å². The van der Waals surface area contributed by atoms with E-state index < -0.39 is 10.0 Å². The minimum atomic E-state index is -3.88. The molecule has 0 saturated carbocycles. The Morgan fingerprint density at radius 2 is 1.62 bits per heavy atom. The first-order valence-corrected chi connectivity index (χ1v) is 13.4. The van der Waals surface area contributed by atoms with Crippen LogP contribution in [0.4, 0.5) is 5.69 Å². The van der Waals surface area contributed by atoms with Gasteiger partial charge in [0.1, 0.15) is 6.54 Å². The van der Waals surface area contributed by atoms with Gasteiger partial charge >= 0.3 is 0 Å². The topological polar surface area (TPSA) is 69.7 Å². The average molecular weight is 523 g/mol. The molecule has 0 radical (unpaired) electrons. The van der Waals surface area contributed by atoms with Gasteiger partial charge in [0, 0.05) is 11.0 Å². The molecule has 0 bridgehead atoms. The molecule has 1 amide bonds. The van der Waals surface area contributed by atoms with Crippen molar-refractivity contribution >= 4 is 37.5 Å². The molecule has 1 saturated heterocycles. The second kappa shape index (κ2) is 11.8. The minimum absolute atomic E-state index is 0.167. The highest BCUT2D eigenvalue weighted by atomic mass is 79.9. The number of anilines is 1. The number of hydrogen-bond donors (Lipinski definition) is 1. The summed E-state index contributed by atoms with van der Waals surface area (Å²) in [6, 6.07) is 13.6. The summed E-state index contributed by atoms with van der Waals surface area (Å²) in [5, 5.41) is 2.90. The molecule has 2 aromatic carbocycles. The van der Waals surface area contributed by atoms with Crippen LogP contribution in [0.25, 0.3) is 0 Å². The van der Waals surface area contributed by atoms with E-state index in [4.69, 9.17) is 0 Å². The van der Waals surface area contributed by atoms with Gasteiger partial charge in [0.25, 0.3) is 10.0 Å². The lowest BCUT2D eigenvalue weighted by Crippen LogP contribution is -2.41. The second-order valence-corrected chi connectivity index (χ2v) is 11.0. The third-order valence-corrected chi connectivity index (χ3v) is 8.00. The molecule has 8 heteroatoms. The first-order chi connectivity index (χ1) is 15.4. The predicted octanol–water partition coefficient (Wildman–Crippen LogP) is 4.34. The number of hydrogen-bond acceptors (Lipinski definition) is 4. The van der Waals surface area contributed by atoms with E-state index in [1.807, 2.05) is 6.92 Å². The molecule has 1 fully saturated rings. The van der Waals surface area contributed by atoms with Crippen molar-refractivity contribution in [3.05, 3.63) is 58.6 Å². The number of benzene rings is 2. The Morgan fingerprint density at radius 1 is 1.00 bits per heavy atom. The number of nitrogens with zero attached hydrogens (tertiary/aromatic N) is 2. The number of sulfonamides is 1. The zero-order valence-corrected chi connectivity index (χ0v) is 21.0. The number of amides is 1. The van der Waals surface area contributed by atoms with Crippen LogP contribution in [0.15, 0.2) is 57.9 Å². The molecule has 6 nitrogen and oxygen atoms in total. The van der Waals surface area contributed by atoms with Gasteiger partial charge in [-0.25, -0.2) is 8.42 Å². The van der Waals surface area contributed by atoms with Crippen molar-refractivity contribution in [2.45, 2.75) is 43.9 Å². The van der Waals surface area contributed by atoms with Gasteiger partial charge < -0.3 is 10.2 Å². The fourth-order valence-electron chi connectivity index (χ4n) is 3.84. The molecule has 0 spiro atoms. The first kappa shape index (κ1) is 24.7. The molecule has 0 aliphatic carbocycles. The van der Waals surface area contributed by atoms with Crippen molar-refractivity contribution in [1.29, 1.82) is 0 Å². The maximum atomic E-state index is 13.4. The van der Waals surface area contributed by atoms with E-state index in [1.54, 1.807) is 48.5 Å². The van der Waals surface area contributed by atoms with Crippen LogP contribution in [0.5, 0.6) is 0 Å². The lowest BCUT2D eigenvalue weighted by atomic mass is 10.2. The van der Waals surface area contributed by atoms with Crippen molar-refractivity contribution in [2.24, 2.45) is 0 Å². The first-order valence-electron chi connectivity index (χ1n) is 11.2. The molecule has 3 rings (SSSR count). The van der Waals surface area contributed by atoms with E-state index in [0.717, 1.165) is 36.1 Å². The Bertz CT molecular complexity index is 971. The second-order valence-electron chi connectivity index (χ2n) is 8.26. The maximum absolute atomic E-state index is 13.4. The summed E-state index contributed by atoms with van der Waals surface area (Å²) >= 11 is 3.38. The molecule has 174 valence electrons. The zero-order chi connectivity index (χ0) is 23.0. The van der Waals surface area contributed by atoms with Crippen molar-refractivity contribution in [1.82, 2.24) is 10.2 Å². The van der Waals surface area contributed by atoms with Crippen LogP contribution in [-0.4, -0.2) is 51.9 Å². The lowest BCUT2D eigenvalue weighted by molar-refractivity contribution is -0.119. The summed E-state index contributed by atoms with van der Waals surface area (Å²) in [6.07, 6.45) is 5.94. The van der Waals surface area contributed by atoms with Crippen LogP contribution in [0.2, 0.25) is 0 Å². The van der Waals surface area contributed by atoms with E-state index in [2.05, 4.69) is 26.1 Å². The zero-order valence-electron chi connectivity index (χ0n) is 18.6. The number of halogens is 1. The SMILES string of the molecule is Cc1ccc(S(=O)(=O)N(CC(=O)NCCCN2CCCCCC2)c2ccc(Br)cc2)cc1. The van der Waals surface area contributed by atoms with Gasteiger partial charge in [-0.2, -0.15) is 0 Å². The van der Waals surface area contributed by atoms with E-state index in [1.165, 1.54) is 30.0 Å². The Kier molecular flexibility index (Phi) is 9.13. The lowest BCUT2D eigenvalue weighted by Gasteiger charge is -2.24. The van der Waals surface area contributed by atoms with Crippen molar-refractivity contribution in [3.63, 3.8) is 0 Å². The number of nitrogens with one attached hydrogen (secondary N) is 1. The molecule has 1 aliphatic rings. The quantitative estimate of drug-likeness (QED) is 0.498. The number of carbonyl (C=O) groups is 1. The molecule has 1 N–H and O–H groups in total. The highest BCUT2D eigenvalue weighted by Gasteiger charge is 2.27. The van der Waals surface area contributed by atoms with Crippen molar-refractivity contribution < 1.29 is 13.2 Å². The normalized spacial score (nSPS) is 15.2. The third kappa shape index (κ3) is 7.05. The molecule has 0 atom stereocenters. The van der Waals surface area contributed by atoms with Gasteiger partial charge in [0.15, 0.2) is 0 Å². The number of aryl methyl sites for hydroxylation is 1. The van der Waals surface area contributed by atoms with Crippen LogP contribution < -0.4 is 9.62 Å². The van der Waals surface area contributed by atoms with E-state index in [9.17, 15) is 13.2 Å². The summed E-state index contributed by atoms with van der Waals surface area (Å²) < 4.78 is 28.7. The van der Waals surface area contributed by atoms with E-state index in [0.29, 0.717) is 12.2 Å². The van der Waals surface area contributed by atoms with Gasteiger partial charge in [-0.05, 0) is 82.2 Å². The largest absolute Gasteiger partial charge is 0.354 e. The fraction of sp³-hybridized carbons (Fsp3) is 0.458. The molecule has 0 unspecified atom stereocenters. The Labute approximate surface area is 200 Å². The average Bonchev–Trinajstić information content (AvgIpc) is 3.05. The van der Waals surface area contributed by atoms with E-state index in [-0.39, 0.29) is 17.3 Å². The van der Waals surface area contributed by atoms with E-state index >= 15 is 0 Å². The Balaban J connectivity index is 1.65. The monoisotopic (exact) mass is 521 g/mol. The predicted molar refractivity (Wildman–Crippen MR) is 132 cm³/mol. The van der Waals surface area contributed by atoms with Crippen LogP contribution in [0.1, 0.15) is 37.7 Å². The molecule has 1 aliphatic heterocycles. The third-order valence-electron chi connectivity index (χ3n) is 5.68. The maximum Gasteiger partial charge on any atom is 0.264 e. The number of carbonyl (C=O) groups excluding carboxylic acids is 1. The molecule has 32 heavy (non-hydrogen) atoms. The van der Waals surface area contributed by atoms with Gasteiger partial charge in [0.2, 0.25) is 5.91 Å². The van der Waals surface area contributed by atoms with Gasteiger partial charge in [-0.15, -0.1) is 0 Å². The minimum Gasteiger partial charge on any atom is -0.354 e. The summed E-state index contributed by atoms with van der Waals surface area (Å²) in [6.45, 7) is 5.39. The fourth-order valence-corrected chi connectivity index (χ4v) is 5.52. The van der Waals surface area contributed by atoms with Crippen LogP contribution >= 0.6 is 15.9 Å². The van der Waals surface area contributed by atoms with Crippen LogP contribution in [0, 0.1) is 6.92 Å². The molecular formula is C24H32BrN3O3S. The molecule has 0 aromatic heterocycles. The van der Waals surface area contributed by atoms with Gasteiger partial charge in [-0.3, -0.25) is 9.10 Å². The summed E-state index contributed by atoms with van der Waals surface area (Å²) in [5.41, 5.74) is 1.43. The summed E-state index contributed by atoms with van der Waals surface area (Å²) in [5.74, 6) is -0.306. The van der Waals surface area contributed by atoms with Gasteiger partial charge in [0.05, 0.1) is 10.6 Å². The van der Waals surface area contributed by atoms with Crippen LogP contribution in [-0.2, 0) is 14.8 Å². The number of likely N-dealkylation sites (tertiary alicyclic amines) is 1. The molecule has 1 heterocycles. The molecular weight excluding hydrogens is 490 g/mol.